The van der Waals surface area contributed by atoms with Gasteiger partial charge in [0.15, 0.2) is 0 Å². The molecule has 0 aliphatic carbocycles. The minimum absolute atomic E-state index is 0.0139. The molecule has 1 atom stereocenters. The first-order valence-electron chi connectivity index (χ1n) is 13.0. The molecule has 1 unspecified atom stereocenters. The van der Waals surface area contributed by atoms with E-state index in [1.807, 2.05) is 0 Å². The van der Waals surface area contributed by atoms with Gasteiger partial charge < -0.3 is 15.6 Å². The van der Waals surface area contributed by atoms with Crippen molar-refractivity contribution in [3.05, 3.63) is 82.6 Å². The topological polar surface area (TPSA) is 56.6 Å². The van der Waals surface area contributed by atoms with Gasteiger partial charge in [0.2, 0.25) is 5.91 Å². The number of nitrogens with one attached hydrogen (secondary N) is 2. The molecule has 0 spiro atoms. The number of carbonyl (C=O) groups is 1. The predicted octanol–water partition coefficient (Wildman–Crippen LogP) is 7.20. The van der Waals surface area contributed by atoms with Gasteiger partial charge in [-0.1, -0.05) is 75.4 Å². The molecular weight excluding hydrogens is 465 g/mol. The maximum absolute atomic E-state index is 12.7. The number of hydrogen-bond donors (Lipinski definition) is 2. The fourth-order valence-corrected chi connectivity index (χ4v) is 3.89. The van der Waals surface area contributed by atoms with Crippen LogP contribution in [-0.2, 0) is 24.1 Å². The predicted molar refractivity (Wildman–Crippen MR) is 139 cm³/mol. The fourth-order valence-electron chi connectivity index (χ4n) is 3.89. The van der Waals surface area contributed by atoms with Crippen LogP contribution in [0.4, 0.5) is 18.9 Å². The molecule has 0 bridgehead atoms. The van der Waals surface area contributed by atoms with E-state index in [1.165, 1.54) is 44.2 Å². The summed E-state index contributed by atoms with van der Waals surface area (Å²) in [7, 11) is 0. The maximum atomic E-state index is 12.7. The fraction of sp³-hybridized carbons (Fsp3) is 0.483. The number of anilines is 1. The van der Waals surface area contributed by atoms with Gasteiger partial charge in [0.25, 0.3) is 0 Å². The quantitative estimate of drug-likeness (QED) is 0.144. The lowest BCUT2D eigenvalue weighted by Gasteiger charge is -2.22. The summed E-state index contributed by atoms with van der Waals surface area (Å²) in [6, 6.07) is 11.8. The molecule has 0 heterocycles. The number of benzene rings is 2. The van der Waals surface area contributed by atoms with E-state index >= 15 is 0 Å². The van der Waals surface area contributed by atoms with Gasteiger partial charge >= 0.3 is 6.18 Å². The Balaban J connectivity index is 1.61. The highest BCUT2D eigenvalue weighted by molar-refractivity contribution is 5.90. The SMILES string of the molecule is CCCC/C=C/CCCCCCCC(=O)Nc1ccc(C[NH+]([O-])Cc2ccc(C(F)(F)F)cc2)cc1. The van der Waals surface area contributed by atoms with E-state index in [1.54, 1.807) is 24.3 Å². The average molecular weight is 505 g/mol. The molecule has 0 saturated carbocycles. The second-order valence-electron chi connectivity index (χ2n) is 9.25. The zero-order valence-corrected chi connectivity index (χ0v) is 21.2. The first kappa shape index (κ1) is 29.6. The van der Waals surface area contributed by atoms with Crippen LogP contribution in [0.2, 0.25) is 0 Å². The summed E-state index contributed by atoms with van der Waals surface area (Å²) in [4.78, 5) is 12.2. The number of hydrogen-bond acceptors (Lipinski definition) is 2. The summed E-state index contributed by atoms with van der Waals surface area (Å²) in [6.07, 6.45) is 10.9. The van der Waals surface area contributed by atoms with Crippen LogP contribution in [0.25, 0.3) is 0 Å². The number of allylic oxidation sites excluding steroid dienone is 2. The summed E-state index contributed by atoms with van der Waals surface area (Å²) in [5, 5.41) is 15.1. The molecular formula is C29H39F3N2O2. The van der Waals surface area contributed by atoms with Gasteiger partial charge in [0.05, 0.1) is 5.56 Å². The average Bonchev–Trinajstić information content (AvgIpc) is 2.83. The number of quaternary nitrogens is 1. The molecule has 0 saturated heterocycles. The van der Waals surface area contributed by atoms with Gasteiger partial charge in [-0.2, -0.15) is 13.2 Å². The second-order valence-corrected chi connectivity index (χ2v) is 9.25. The number of unbranched alkanes of at least 4 members (excludes halogenated alkanes) is 7. The summed E-state index contributed by atoms with van der Waals surface area (Å²) < 4.78 is 38.0. The summed E-state index contributed by atoms with van der Waals surface area (Å²) in [6.45, 7) is 2.46. The lowest BCUT2D eigenvalue weighted by molar-refractivity contribution is -0.876. The van der Waals surface area contributed by atoms with E-state index in [9.17, 15) is 23.2 Å². The minimum atomic E-state index is -4.38. The molecule has 36 heavy (non-hydrogen) atoms. The van der Waals surface area contributed by atoms with Crippen molar-refractivity contribution in [2.24, 2.45) is 0 Å². The van der Waals surface area contributed by atoms with Crippen molar-refractivity contribution < 1.29 is 23.0 Å². The van der Waals surface area contributed by atoms with Crippen LogP contribution >= 0.6 is 0 Å². The van der Waals surface area contributed by atoms with Crippen LogP contribution in [0.3, 0.4) is 0 Å². The highest BCUT2D eigenvalue weighted by Crippen LogP contribution is 2.29. The largest absolute Gasteiger partial charge is 0.634 e. The Labute approximate surface area is 213 Å². The van der Waals surface area contributed by atoms with Crippen molar-refractivity contribution in [2.45, 2.75) is 90.4 Å². The van der Waals surface area contributed by atoms with Crippen LogP contribution in [0.5, 0.6) is 0 Å². The van der Waals surface area contributed by atoms with Gasteiger partial charge in [-0.05, 0) is 49.9 Å². The number of amides is 1. The zero-order valence-electron chi connectivity index (χ0n) is 21.2. The Kier molecular flexibility index (Phi) is 13.3. The molecule has 2 rings (SSSR count). The van der Waals surface area contributed by atoms with E-state index in [2.05, 4.69) is 24.4 Å². The second kappa shape index (κ2) is 16.2. The van der Waals surface area contributed by atoms with Crippen molar-refractivity contribution in [3.8, 4) is 0 Å². The number of hydroxylamine groups is 2. The highest BCUT2D eigenvalue weighted by Gasteiger charge is 2.29. The molecule has 2 N–H and O–H groups in total. The smallest absolute Gasteiger partial charge is 0.416 e. The third-order valence-corrected chi connectivity index (χ3v) is 5.99. The molecule has 1 amide bonds. The molecule has 0 fully saturated rings. The van der Waals surface area contributed by atoms with Crippen LogP contribution in [0, 0.1) is 5.21 Å². The van der Waals surface area contributed by atoms with Crippen LogP contribution in [-0.4, -0.2) is 5.91 Å². The standard InChI is InChI=1S/C29H39F3N2O2/c1-2-3-4-5-6-7-8-9-10-11-12-13-28(35)33-27-20-16-25(17-21-27)23-34(36)22-24-14-18-26(19-15-24)29(30,31)32/h5-6,14-21,34H,2-4,7-13,22-23H2,1H3,(H,33,35)/b6-5+. The molecule has 7 heteroatoms. The van der Waals surface area contributed by atoms with E-state index in [4.69, 9.17) is 0 Å². The summed E-state index contributed by atoms with van der Waals surface area (Å²) in [5.74, 6) is -0.0139. The van der Waals surface area contributed by atoms with Gasteiger partial charge in [-0.25, -0.2) is 0 Å². The Hall–Kier alpha value is -2.64. The molecule has 0 aliphatic heterocycles. The Morgan fingerprint density at radius 3 is 1.94 bits per heavy atom. The monoisotopic (exact) mass is 504 g/mol. The molecule has 2 aromatic rings. The van der Waals surface area contributed by atoms with E-state index < -0.39 is 11.7 Å². The van der Waals surface area contributed by atoms with E-state index in [-0.39, 0.29) is 24.1 Å². The molecule has 0 radical (unpaired) electrons. The van der Waals surface area contributed by atoms with E-state index in [0.29, 0.717) is 17.7 Å². The van der Waals surface area contributed by atoms with Crippen LogP contribution in [0.15, 0.2) is 60.7 Å². The first-order valence-corrected chi connectivity index (χ1v) is 13.0. The van der Waals surface area contributed by atoms with Gasteiger partial charge in [0.1, 0.15) is 13.1 Å². The Morgan fingerprint density at radius 2 is 1.36 bits per heavy atom. The van der Waals surface area contributed by atoms with Crippen molar-refractivity contribution >= 4 is 11.6 Å². The van der Waals surface area contributed by atoms with E-state index in [0.717, 1.165) is 43.4 Å². The summed E-state index contributed by atoms with van der Waals surface area (Å²) >= 11 is 0. The molecule has 0 aliphatic rings. The van der Waals surface area contributed by atoms with Gasteiger partial charge in [-0.3, -0.25) is 4.79 Å². The number of alkyl halides is 3. The highest BCUT2D eigenvalue weighted by atomic mass is 19.4. The van der Waals surface area contributed by atoms with Gasteiger partial charge in [-0.15, -0.1) is 0 Å². The van der Waals surface area contributed by atoms with Gasteiger partial charge in [0, 0.05) is 23.2 Å². The van der Waals surface area contributed by atoms with Crippen LogP contribution in [0.1, 0.15) is 87.8 Å². The lowest BCUT2D eigenvalue weighted by atomic mass is 10.1. The molecule has 4 nitrogen and oxygen atoms in total. The van der Waals surface area contributed by atoms with Crippen molar-refractivity contribution in [1.82, 2.24) is 0 Å². The van der Waals surface area contributed by atoms with Crippen molar-refractivity contribution in [3.63, 3.8) is 0 Å². The molecule has 0 aromatic heterocycles. The third kappa shape index (κ3) is 12.4. The van der Waals surface area contributed by atoms with Crippen molar-refractivity contribution in [2.75, 3.05) is 5.32 Å². The lowest BCUT2D eigenvalue weighted by Crippen LogP contribution is -3.04. The zero-order chi connectivity index (χ0) is 26.2. The molecule has 198 valence electrons. The number of halogens is 3. The van der Waals surface area contributed by atoms with Crippen LogP contribution < -0.4 is 10.4 Å². The Morgan fingerprint density at radius 1 is 0.833 bits per heavy atom. The summed E-state index contributed by atoms with van der Waals surface area (Å²) in [5.41, 5.74) is 1.31. The van der Waals surface area contributed by atoms with Crippen molar-refractivity contribution in [1.29, 1.82) is 0 Å². The first-order chi connectivity index (χ1) is 17.3. The number of rotatable bonds is 16. The maximum Gasteiger partial charge on any atom is 0.416 e. The number of carbonyl (C=O) groups excluding carboxylic acids is 1. The molecule has 2 aromatic carbocycles. The third-order valence-electron chi connectivity index (χ3n) is 5.99. The Bertz CT molecular complexity index is 910. The normalized spacial score (nSPS) is 12.7. The minimum Gasteiger partial charge on any atom is -0.634 e.